The number of anilines is 1. The molecule has 9 heteroatoms. The highest BCUT2D eigenvalue weighted by molar-refractivity contribution is 5.98. The number of hydrogen-bond acceptors (Lipinski definition) is 6. The number of fused-ring (bicyclic) bond motifs is 1. The number of carbonyl (C=O) groups excluding carboxylic acids is 1. The highest BCUT2D eigenvalue weighted by atomic mass is 16.1. The van der Waals surface area contributed by atoms with E-state index in [1.165, 1.54) is 6.21 Å². The molecule has 0 spiro atoms. The summed E-state index contributed by atoms with van der Waals surface area (Å²) in [4.78, 5) is 25.2. The molecule has 1 unspecified atom stereocenters. The van der Waals surface area contributed by atoms with Gasteiger partial charge in [-0.3, -0.25) is 14.2 Å². The van der Waals surface area contributed by atoms with Gasteiger partial charge in [-0.05, 0) is 32.9 Å². The molecule has 0 fully saturated rings. The Labute approximate surface area is 162 Å². The van der Waals surface area contributed by atoms with Gasteiger partial charge in [-0.2, -0.15) is 10.2 Å². The molecule has 4 rings (SSSR count). The number of dihydropyridines is 1. The van der Waals surface area contributed by atoms with Crippen LogP contribution in [0.3, 0.4) is 0 Å². The second kappa shape index (κ2) is 6.99. The number of allylic oxidation sites excluding steroid dienone is 1. The van der Waals surface area contributed by atoms with Gasteiger partial charge in [0.05, 0.1) is 23.6 Å². The molecule has 1 aliphatic rings. The van der Waals surface area contributed by atoms with E-state index in [9.17, 15) is 4.79 Å². The van der Waals surface area contributed by atoms with Gasteiger partial charge in [0.15, 0.2) is 5.82 Å². The first-order valence-corrected chi connectivity index (χ1v) is 9.17. The summed E-state index contributed by atoms with van der Waals surface area (Å²) >= 11 is 0. The molecule has 9 nitrogen and oxygen atoms in total. The number of hydrogen-bond donors (Lipinski definition) is 1. The molecule has 3 aromatic rings. The average molecular weight is 378 g/mol. The summed E-state index contributed by atoms with van der Waals surface area (Å²) < 4.78 is 3.61. The molecule has 0 aromatic carbocycles. The molecule has 3 aromatic heterocycles. The number of rotatable bonds is 5. The van der Waals surface area contributed by atoms with Crippen LogP contribution in [0, 0.1) is 6.92 Å². The molecule has 1 amide bonds. The topological polar surface area (TPSA) is 103 Å². The Morgan fingerprint density at radius 1 is 1.29 bits per heavy atom. The van der Waals surface area contributed by atoms with Crippen molar-refractivity contribution >= 4 is 28.8 Å². The van der Waals surface area contributed by atoms with E-state index in [0.717, 1.165) is 22.4 Å². The maximum Gasteiger partial charge on any atom is 0.258 e. The van der Waals surface area contributed by atoms with Crippen LogP contribution in [0.1, 0.15) is 43.0 Å². The minimum Gasteiger partial charge on any atom is -0.376 e. The van der Waals surface area contributed by atoms with Gasteiger partial charge in [0, 0.05) is 19.3 Å². The summed E-state index contributed by atoms with van der Waals surface area (Å²) in [5.74, 6) is -0.0371. The molecule has 1 aliphatic heterocycles. The van der Waals surface area contributed by atoms with Crippen LogP contribution in [0.4, 0.5) is 5.69 Å². The summed E-state index contributed by atoms with van der Waals surface area (Å²) in [6, 6.07) is 2.07. The Bertz CT molecular complexity index is 1100. The first-order chi connectivity index (χ1) is 13.4. The Morgan fingerprint density at radius 2 is 2.11 bits per heavy atom. The fourth-order valence-electron chi connectivity index (χ4n) is 3.27. The molecule has 0 bridgehead atoms. The largest absolute Gasteiger partial charge is 0.376 e. The number of aryl methyl sites for hydroxylation is 2. The number of carbonyl (C=O) groups is 1. The molecular formula is C19H22N8O. The quantitative estimate of drug-likeness (QED) is 0.731. The predicted octanol–water partition coefficient (Wildman–Crippen LogP) is 2.31. The number of nitrogens with one attached hydrogen (secondary N) is 1. The zero-order valence-corrected chi connectivity index (χ0v) is 16.3. The third-order valence-electron chi connectivity index (χ3n) is 4.59. The lowest BCUT2D eigenvalue weighted by molar-refractivity contribution is -0.118. The number of amides is 1. The van der Waals surface area contributed by atoms with Crippen molar-refractivity contribution in [2.45, 2.75) is 39.3 Å². The van der Waals surface area contributed by atoms with Gasteiger partial charge < -0.3 is 5.32 Å². The van der Waals surface area contributed by atoms with Crippen molar-refractivity contribution < 1.29 is 4.79 Å². The van der Waals surface area contributed by atoms with Crippen molar-refractivity contribution in [3.8, 4) is 0 Å². The van der Waals surface area contributed by atoms with E-state index in [1.54, 1.807) is 17.1 Å². The van der Waals surface area contributed by atoms with Gasteiger partial charge in [0.25, 0.3) is 5.91 Å². The van der Waals surface area contributed by atoms with E-state index in [4.69, 9.17) is 4.98 Å². The van der Waals surface area contributed by atoms with Crippen LogP contribution in [-0.2, 0) is 18.4 Å². The highest BCUT2D eigenvalue weighted by Gasteiger charge is 2.24. The van der Waals surface area contributed by atoms with E-state index in [0.29, 0.717) is 18.1 Å². The van der Waals surface area contributed by atoms with Crippen LogP contribution in [-0.4, -0.2) is 41.7 Å². The molecular weight excluding hydrogens is 356 g/mol. The summed E-state index contributed by atoms with van der Waals surface area (Å²) in [6.45, 7) is 6.53. The molecule has 4 heterocycles. The molecule has 0 radical (unpaired) electrons. The van der Waals surface area contributed by atoms with Crippen molar-refractivity contribution in [3.63, 3.8) is 0 Å². The number of aliphatic imine (C=N–C) groups is 1. The van der Waals surface area contributed by atoms with E-state index in [-0.39, 0.29) is 11.9 Å². The SMILES string of the molecule is Cc1nn(C(C)C)c2c(NCc3ncn(C)n3)cc(C3C=CC=NC3=O)nc12. The Morgan fingerprint density at radius 3 is 2.79 bits per heavy atom. The summed E-state index contributed by atoms with van der Waals surface area (Å²) in [5.41, 5.74) is 3.99. The van der Waals surface area contributed by atoms with Crippen LogP contribution in [0.25, 0.3) is 11.0 Å². The number of nitrogens with zero attached hydrogens (tertiary/aromatic N) is 7. The van der Waals surface area contributed by atoms with E-state index in [2.05, 4.69) is 39.3 Å². The molecule has 1 N–H and O–H groups in total. The molecule has 144 valence electrons. The van der Waals surface area contributed by atoms with Crippen molar-refractivity contribution in [1.82, 2.24) is 29.5 Å². The lowest BCUT2D eigenvalue weighted by Crippen LogP contribution is -2.14. The summed E-state index contributed by atoms with van der Waals surface area (Å²) in [5, 5.41) is 12.4. The van der Waals surface area contributed by atoms with Gasteiger partial charge in [0.2, 0.25) is 0 Å². The van der Waals surface area contributed by atoms with Crippen molar-refractivity contribution in [2.75, 3.05) is 5.32 Å². The lowest BCUT2D eigenvalue weighted by atomic mass is 10.0. The Hall–Kier alpha value is -3.36. The van der Waals surface area contributed by atoms with Crippen LogP contribution in [0.5, 0.6) is 0 Å². The highest BCUT2D eigenvalue weighted by Crippen LogP contribution is 2.32. The molecule has 0 saturated carbocycles. The summed E-state index contributed by atoms with van der Waals surface area (Å²) in [7, 11) is 1.83. The maximum absolute atomic E-state index is 12.3. The standard InChI is InChI=1S/C19H22N8O/c1-11(2)27-18-15(21-9-16-22-10-26(4)25-16)8-14(23-17(18)12(3)24-27)13-6-5-7-20-19(13)28/h5-8,10-11,13H,9H2,1-4H3,(H,21,23). The van der Waals surface area contributed by atoms with Crippen molar-refractivity contribution in [1.29, 1.82) is 0 Å². The lowest BCUT2D eigenvalue weighted by Gasteiger charge is -2.16. The molecule has 28 heavy (non-hydrogen) atoms. The Balaban J connectivity index is 1.82. The zero-order chi connectivity index (χ0) is 19.8. The zero-order valence-electron chi connectivity index (χ0n) is 16.3. The first kappa shape index (κ1) is 18.0. The smallest absolute Gasteiger partial charge is 0.258 e. The molecule has 1 atom stereocenters. The van der Waals surface area contributed by atoms with Crippen LogP contribution >= 0.6 is 0 Å². The van der Waals surface area contributed by atoms with Gasteiger partial charge >= 0.3 is 0 Å². The van der Waals surface area contributed by atoms with Gasteiger partial charge in [-0.25, -0.2) is 15.0 Å². The fraction of sp³-hybridized carbons (Fsp3) is 0.368. The molecule has 0 aliphatic carbocycles. The van der Waals surface area contributed by atoms with Crippen LogP contribution < -0.4 is 5.32 Å². The first-order valence-electron chi connectivity index (χ1n) is 9.17. The van der Waals surface area contributed by atoms with Crippen molar-refractivity contribution in [2.24, 2.45) is 12.0 Å². The second-order valence-electron chi connectivity index (χ2n) is 7.08. The number of pyridine rings is 1. The van der Waals surface area contributed by atoms with E-state index >= 15 is 0 Å². The van der Waals surface area contributed by atoms with Crippen LogP contribution in [0.15, 0.2) is 29.5 Å². The minimum absolute atomic E-state index is 0.165. The molecule has 0 saturated heterocycles. The van der Waals surface area contributed by atoms with Gasteiger partial charge in [0.1, 0.15) is 23.3 Å². The third kappa shape index (κ3) is 3.19. The van der Waals surface area contributed by atoms with Crippen molar-refractivity contribution in [3.05, 3.63) is 41.8 Å². The van der Waals surface area contributed by atoms with E-state index in [1.807, 2.05) is 30.8 Å². The normalized spacial score (nSPS) is 16.5. The monoisotopic (exact) mass is 378 g/mol. The van der Waals surface area contributed by atoms with Gasteiger partial charge in [-0.15, -0.1) is 0 Å². The van der Waals surface area contributed by atoms with Gasteiger partial charge in [-0.1, -0.05) is 6.08 Å². The second-order valence-corrected chi connectivity index (χ2v) is 7.08. The fourth-order valence-corrected chi connectivity index (χ4v) is 3.27. The predicted molar refractivity (Wildman–Crippen MR) is 106 cm³/mol. The summed E-state index contributed by atoms with van der Waals surface area (Å²) in [6.07, 6.45) is 6.75. The van der Waals surface area contributed by atoms with Crippen LogP contribution in [0.2, 0.25) is 0 Å². The minimum atomic E-state index is -0.496. The Kier molecular flexibility index (Phi) is 4.50. The third-order valence-corrected chi connectivity index (χ3v) is 4.59. The van der Waals surface area contributed by atoms with E-state index < -0.39 is 5.92 Å². The average Bonchev–Trinajstić information content (AvgIpc) is 3.23. The maximum atomic E-state index is 12.3. The number of aromatic nitrogens is 6.